The molecule has 0 atom stereocenters. The minimum absolute atomic E-state index is 0.00215. The molecule has 1 aromatic carbocycles. The van der Waals surface area contributed by atoms with E-state index in [9.17, 15) is 4.79 Å². The van der Waals surface area contributed by atoms with Crippen molar-refractivity contribution in [3.8, 4) is 5.75 Å². The average molecular weight is 305 g/mol. The van der Waals surface area contributed by atoms with E-state index in [1.807, 2.05) is 25.1 Å². The zero-order valence-corrected chi connectivity index (χ0v) is 12.8. The van der Waals surface area contributed by atoms with Crippen LogP contribution in [0.15, 0.2) is 42.7 Å². The number of benzene rings is 1. The lowest BCUT2D eigenvalue weighted by atomic mass is 10.2. The second kappa shape index (κ2) is 7.09. The molecular weight excluding hydrogens is 288 g/mol. The summed E-state index contributed by atoms with van der Waals surface area (Å²) in [5.74, 6) is 0.548. The SMILES string of the molecule is Cc1cc(OCC(=O)N(C)Cc2cccnc2)ccc1Cl. The number of halogens is 1. The molecule has 1 aromatic heterocycles. The zero-order valence-electron chi connectivity index (χ0n) is 12.0. The van der Waals surface area contributed by atoms with Gasteiger partial charge in [0.1, 0.15) is 5.75 Å². The van der Waals surface area contributed by atoms with E-state index in [2.05, 4.69) is 4.98 Å². The molecule has 21 heavy (non-hydrogen) atoms. The summed E-state index contributed by atoms with van der Waals surface area (Å²) in [6.45, 7) is 2.40. The van der Waals surface area contributed by atoms with E-state index in [0.29, 0.717) is 17.3 Å². The van der Waals surface area contributed by atoms with Crippen molar-refractivity contribution in [2.24, 2.45) is 0 Å². The van der Waals surface area contributed by atoms with Crippen molar-refractivity contribution in [3.05, 3.63) is 58.9 Å². The Morgan fingerprint density at radius 1 is 1.38 bits per heavy atom. The van der Waals surface area contributed by atoms with Gasteiger partial charge in [0.15, 0.2) is 6.61 Å². The second-order valence-corrected chi connectivity index (χ2v) is 5.22. The maximum absolute atomic E-state index is 12.0. The van der Waals surface area contributed by atoms with Gasteiger partial charge in [-0.2, -0.15) is 0 Å². The van der Waals surface area contributed by atoms with E-state index >= 15 is 0 Å². The average Bonchev–Trinajstić information content (AvgIpc) is 2.49. The van der Waals surface area contributed by atoms with Crippen LogP contribution >= 0.6 is 11.6 Å². The molecule has 4 nitrogen and oxygen atoms in total. The Kier molecular flexibility index (Phi) is 5.17. The van der Waals surface area contributed by atoms with Crippen molar-refractivity contribution in [1.82, 2.24) is 9.88 Å². The van der Waals surface area contributed by atoms with Gasteiger partial charge in [0.05, 0.1) is 0 Å². The third-order valence-electron chi connectivity index (χ3n) is 3.06. The van der Waals surface area contributed by atoms with Crippen LogP contribution in [0, 0.1) is 6.92 Å². The molecule has 0 spiro atoms. The molecule has 0 aliphatic rings. The number of ether oxygens (including phenoxy) is 1. The Bertz CT molecular complexity index is 617. The lowest BCUT2D eigenvalue weighted by molar-refractivity contribution is -0.132. The Balaban J connectivity index is 1.87. The van der Waals surface area contributed by atoms with Crippen LogP contribution in [0.2, 0.25) is 5.02 Å². The number of pyridine rings is 1. The molecule has 2 rings (SSSR count). The summed E-state index contributed by atoms with van der Waals surface area (Å²) in [5.41, 5.74) is 1.90. The van der Waals surface area contributed by atoms with Gasteiger partial charge in [-0.25, -0.2) is 0 Å². The highest BCUT2D eigenvalue weighted by atomic mass is 35.5. The first-order chi connectivity index (χ1) is 10.1. The van der Waals surface area contributed by atoms with Crippen LogP contribution in [0.1, 0.15) is 11.1 Å². The fourth-order valence-corrected chi connectivity index (χ4v) is 1.93. The van der Waals surface area contributed by atoms with Crippen LogP contribution in [0.5, 0.6) is 5.75 Å². The molecule has 0 fully saturated rings. The van der Waals surface area contributed by atoms with Crippen LogP contribution in [0.25, 0.3) is 0 Å². The topological polar surface area (TPSA) is 42.4 Å². The smallest absolute Gasteiger partial charge is 0.260 e. The lowest BCUT2D eigenvalue weighted by Crippen LogP contribution is -2.31. The largest absolute Gasteiger partial charge is 0.484 e. The number of aromatic nitrogens is 1. The number of amides is 1. The number of hydrogen-bond donors (Lipinski definition) is 0. The van der Waals surface area contributed by atoms with Crippen molar-refractivity contribution < 1.29 is 9.53 Å². The van der Waals surface area contributed by atoms with Gasteiger partial charge in [-0.3, -0.25) is 9.78 Å². The van der Waals surface area contributed by atoms with Crippen LogP contribution in [0.3, 0.4) is 0 Å². The summed E-state index contributed by atoms with van der Waals surface area (Å²) >= 11 is 5.95. The number of aryl methyl sites for hydroxylation is 1. The molecule has 0 bridgehead atoms. The van der Waals surface area contributed by atoms with Crippen molar-refractivity contribution in [2.75, 3.05) is 13.7 Å². The third-order valence-corrected chi connectivity index (χ3v) is 3.48. The molecule has 0 radical (unpaired) electrons. The van der Waals surface area contributed by atoms with Crippen molar-refractivity contribution in [2.45, 2.75) is 13.5 Å². The molecule has 0 saturated heterocycles. The van der Waals surface area contributed by atoms with Crippen LogP contribution in [-0.2, 0) is 11.3 Å². The molecule has 0 N–H and O–H groups in total. The van der Waals surface area contributed by atoms with E-state index < -0.39 is 0 Å². The molecule has 5 heteroatoms. The molecular formula is C16H17ClN2O2. The van der Waals surface area contributed by atoms with Gasteiger partial charge in [0, 0.05) is 31.0 Å². The number of likely N-dealkylation sites (N-methyl/N-ethyl adjacent to an activating group) is 1. The highest BCUT2D eigenvalue weighted by Gasteiger charge is 2.10. The molecule has 1 heterocycles. The second-order valence-electron chi connectivity index (χ2n) is 4.81. The van der Waals surface area contributed by atoms with Crippen molar-refractivity contribution in [3.63, 3.8) is 0 Å². The first kappa shape index (κ1) is 15.3. The van der Waals surface area contributed by atoms with E-state index in [0.717, 1.165) is 11.1 Å². The summed E-state index contributed by atoms with van der Waals surface area (Å²) in [6.07, 6.45) is 3.45. The predicted molar refractivity (Wildman–Crippen MR) is 82.4 cm³/mol. The monoisotopic (exact) mass is 304 g/mol. The zero-order chi connectivity index (χ0) is 15.2. The Morgan fingerprint density at radius 2 is 2.19 bits per heavy atom. The van der Waals surface area contributed by atoms with E-state index in [1.165, 1.54) is 0 Å². The summed E-state index contributed by atoms with van der Waals surface area (Å²) in [4.78, 5) is 17.7. The predicted octanol–water partition coefficient (Wildman–Crippen LogP) is 3.08. The minimum Gasteiger partial charge on any atom is -0.484 e. The van der Waals surface area contributed by atoms with E-state index in [1.54, 1.807) is 36.5 Å². The lowest BCUT2D eigenvalue weighted by Gasteiger charge is -2.17. The van der Waals surface area contributed by atoms with Crippen molar-refractivity contribution in [1.29, 1.82) is 0 Å². The molecule has 0 aliphatic heterocycles. The minimum atomic E-state index is -0.0912. The standard InChI is InChI=1S/C16H17ClN2O2/c1-12-8-14(5-6-15(12)17)21-11-16(20)19(2)10-13-4-3-7-18-9-13/h3-9H,10-11H2,1-2H3. The Hall–Kier alpha value is -2.07. The summed E-state index contributed by atoms with van der Waals surface area (Å²) in [5, 5.41) is 0.683. The molecule has 0 unspecified atom stereocenters. The maximum atomic E-state index is 12.0. The Labute approximate surface area is 129 Å². The van der Waals surface area contributed by atoms with Gasteiger partial charge in [-0.1, -0.05) is 17.7 Å². The fourth-order valence-electron chi connectivity index (χ4n) is 1.82. The molecule has 0 aliphatic carbocycles. The van der Waals surface area contributed by atoms with Gasteiger partial charge in [0.25, 0.3) is 5.91 Å². The first-order valence-electron chi connectivity index (χ1n) is 6.58. The number of carbonyl (C=O) groups excluding carboxylic acids is 1. The van der Waals surface area contributed by atoms with E-state index in [4.69, 9.17) is 16.3 Å². The highest BCUT2D eigenvalue weighted by molar-refractivity contribution is 6.31. The van der Waals surface area contributed by atoms with Crippen LogP contribution in [-0.4, -0.2) is 29.4 Å². The van der Waals surface area contributed by atoms with Gasteiger partial charge in [-0.05, 0) is 42.3 Å². The van der Waals surface area contributed by atoms with Gasteiger partial charge in [0.2, 0.25) is 0 Å². The van der Waals surface area contributed by atoms with Crippen LogP contribution in [0.4, 0.5) is 0 Å². The molecule has 1 amide bonds. The van der Waals surface area contributed by atoms with Gasteiger partial charge in [-0.15, -0.1) is 0 Å². The van der Waals surface area contributed by atoms with Gasteiger partial charge < -0.3 is 9.64 Å². The third kappa shape index (κ3) is 4.46. The van der Waals surface area contributed by atoms with Gasteiger partial charge >= 0.3 is 0 Å². The molecule has 2 aromatic rings. The Morgan fingerprint density at radius 3 is 2.86 bits per heavy atom. The summed E-state index contributed by atoms with van der Waals surface area (Å²) in [6, 6.07) is 9.11. The first-order valence-corrected chi connectivity index (χ1v) is 6.96. The number of carbonyl (C=O) groups is 1. The normalized spacial score (nSPS) is 10.2. The number of rotatable bonds is 5. The van der Waals surface area contributed by atoms with E-state index in [-0.39, 0.29) is 12.5 Å². The van der Waals surface area contributed by atoms with Crippen molar-refractivity contribution >= 4 is 17.5 Å². The summed E-state index contributed by atoms with van der Waals surface area (Å²) < 4.78 is 5.50. The maximum Gasteiger partial charge on any atom is 0.260 e. The molecule has 0 saturated carbocycles. The summed E-state index contributed by atoms with van der Waals surface area (Å²) in [7, 11) is 1.74. The van der Waals surface area contributed by atoms with Crippen LogP contribution < -0.4 is 4.74 Å². The highest BCUT2D eigenvalue weighted by Crippen LogP contribution is 2.21. The molecule has 110 valence electrons. The fraction of sp³-hybridized carbons (Fsp3) is 0.250. The number of hydrogen-bond acceptors (Lipinski definition) is 3. The number of nitrogens with zero attached hydrogens (tertiary/aromatic N) is 2. The quantitative estimate of drug-likeness (QED) is 0.852.